The van der Waals surface area contributed by atoms with Crippen molar-refractivity contribution in [2.45, 2.75) is 25.4 Å². The number of hydrogen-bond donors (Lipinski definition) is 1. The van der Waals surface area contributed by atoms with Gasteiger partial charge >= 0.3 is 0 Å². The molecule has 0 aliphatic rings. The van der Waals surface area contributed by atoms with Crippen LogP contribution in [0.4, 0.5) is 0 Å². The van der Waals surface area contributed by atoms with E-state index in [0.717, 1.165) is 19.3 Å². The molecule has 0 fully saturated rings. The summed E-state index contributed by atoms with van der Waals surface area (Å²) in [6.45, 7) is 3.67. The van der Waals surface area contributed by atoms with Gasteiger partial charge in [-0.25, -0.2) is 0 Å². The quantitative estimate of drug-likeness (QED) is 0.770. The first-order valence-electron chi connectivity index (χ1n) is 6.06. The van der Waals surface area contributed by atoms with E-state index in [9.17, 15) is 5.11 Å². The molecule has 0 aliphatic carbocycles. The van der Waals surface area contributed by atoms with Gasteiger partial charge in [-0.05, 0) is 35.6 Å². The predicted octanol–water partition coefficient (Wildman–Crippen LogP) is 3.71. The maximum absolute atomic E-state index is 9.86. The number of allylic oxidation sites excluding steroid dienone is 1. The summed E-state index contributed by atoms with van der Waals surface area (Å²) in [5.74, 6) is 0. The molecule has 0 spiro atoms. The van der Waals surface area contributed by atoms with Crippen molar-refractivity contribution >= 4 is 10.8 Å². The minimum atomic E-state index is -0.269. The highest BCUT2D eigenvalue weighted by Crippen LogP contribution is 2.17. The van der Waals surface area contributed by atoms with Gasteiger partial charge in [0.05, 0.1) is 6.10 Å². The van der Waals surface area contributed by atoms with Crippen LogP contribution in [0.5, 0.6) is 0 Å². The second kappa shape index (κ2) is 5.65. The highest BCUT2D eigenvalue weighted by molar-refractivity contribution is 5.82. The van der Waals surface area contributed by atoms with E-state index >= 15 is 0 Å². The fourth-order valence-electron chi connectivity index (χ4n) is 2.05. The van der Waals surface area contributed by atoms with Crippen molar-refractivity contribution < 1.29 is 5.11 Å². The van der Waals surface area contributed by atoms with E-state index in [0.29, 0.717) is 0 Å². The van der Waals surface area contributed by atoms with Crippen molar-refractivity contribution in [2.24, 2.45) is 0 Å². The third kappa shape index (κ3) is 3.18. The van der Waals surface area contributed by atoms with Gasteiger partial charge in [0.2, 0.25) is 0 Å². The molecule has 1 nitrogen and oxygen atoms in total. The van der Waals surface area contributed by atoms with E-state index in [1.807, 2.05) is 18.2 Å². The topological polar surface area (TPSA) is 20.2 Å². The van der Waals surface area contributed by atoms with E-state index in [4.69, 9.17) is 0 Å². The summed E-state index contributed by atoms with van der Waals surface area (Å²) in [5.41, 5.74) is 1.19. The molecular formula is C16H18O. The van der Waals surface area contributed by atoms with Gasteiger partial charge < -0.3 is 5.11 Å². The van der Waals surface area contributed by atoms with Crippen LogP contribution in [0.3, 0.4) is 0 Å². The number of rotatable bonds is 5. The Morgan fingerprint density at radius 2 is 1.88 bits per heavy atom. The normalized spacial score (nSPS) is 12.5. The molecule has 1 N–H and O–H groups in total. The molecule has 2 aromatic rings. The first kappa shape index (κ1) is 11.9. The monoisotopic (exact) mass is 226 g/mol. The maximum atomic E-state index is 9.86. The van der Waals surface area contributed by atoms with Gasteiger partial charge in [0.25, 0.3) is 0 Å². The molecule has 0 aliphatic heterocycles. The molecule has 1 heteroatoms. The average molecular weight is 226 g/mol. The smallest absolute Gasteiger partial charge is 0.0583 e. The highest BCUT2D eigenvalue weighted by Gasteiger charge is 2.05. The Hall–Kier alpha value is -1.60. The van der Waals surface area contributed by atoms with Crippen LogP contribution in [0.1, 0.15) is 18.4 Å². The first-order chi connectivity index (χ1) is 8.29. The largest absolute Gasteiger partial charge is 0.393 e. The molecular weight excluding hydrogens is 208 g/mol. The van der Waals surface area contributed by atoms with Gasteiger partial charge in [0.1, 0.15) is 0 Å². The van der Waals surface area contributed by atoms with E-state index in [1.54, 1.807) is 0 Å². The van der Waals surface area contributed by atoms with Crippen molar-refractivity contribution in [3.63, 3.8) is 0 Å². The van der Waals surface area contributed by atoms with Crippen molar-refractivity contribution in [3.8, 4) is 0 Å². The minimum absolute atomic E-state index is 0.269. The molecule has 2 rings (SSSR count). The van der Waals surface area contributed by atoms with Crippen LogP contribution in [0.15, 0.2) is 55.1 Å². The molecule has 1 atom stereocenters. The molecule has 0 bridgehead atoms. The Labute approximate surface area is 102 Å². The fraction of sp³-hybridized carbons (Fsp3) is 0.250. The Kier molecular flexibility index (Phi) is 3.94. The van der Waals surface area contributed by atoms with Crippen molar-refractivity contribution in [1.29, 1.82) is 0 Å². The molecule has 0 radical (unpaired) electrons. The Morgan fingerprint density at radius 1 is 1.12 bits per heavy atom. The lowest BCUT2D eigenvalue weighted by molar-refractivity contribution is 0.166. The molecule has 0 heterocycles. The van der Waals surface area contributed by atoms with Crippen LogP contribution in [-0.4, -0.2) is 11.2 Å². The van der Waals surface area contributed by atoms with E-state index in [2.05, 4.69) is 36.9 Å². The average Bonchev–Trinajstić information content (AvgIpc) is 2.36. The van der Waals surface area contributed by atoms with Crippen LogP contribution in [-0.2, 0) is 6.42 Å². The van der Waals surface area contributed by atoms with Crippen LogP contribution in [0.2, 0.25) is 0 Å². The SMILES string of the molecule is C=CCCC(O)Cc1ccc2ccccc2c1. The Bertz CT molecular complexity index is 502. The van der Waals surface area contributed by atoms with Crippen molar-refractivity contribution in [2.75, 3.05) is 0 Å². The van der Waals surface area contributed by atoms with Crippen LogP contribution < -0.4 is 0 Å². The van der Waals surface area contributed by atoms with Gasteiger partial charge in [-0.15, -0.1) is 6.58 Å². The number of aliphatic hydroxyl groups is 1. The lowest BCUT2D eigenvalue weighted by atomic mass is 10.0. The second-order valence-corrected chi connectivity index (χ2v) is 4.41. The number of benzene rings is 2. The maximum Gasteiger partial charge on any atom is 0.0583 e. The predicted molar refractivity (Wildman–Crippen MR) is 73.1 cm³/mol. The molecule has 1 unspecified atom stereocenters. The van der Waals surface area contributed by atoms with Crippen molar-refractivity contribution in [3.05, 3.63) is 60.7 Å². The zero-order valence-corrected chi connectivity index (χ0v) is 9.97. The first-order valence-corrected chi connectivity index (χ1v) is 6.06. The summed E-state index contributed by atoms with van der Waals surface area (Å²) in [6, 6.07) is 14.7. The summed E-state index contributed by atoms with van der Waals surface area (Å²) in [7, 11) is 0. The fourth-order valence-corrected chi connectivity index (χ4v) is 2.05. The summed E-state index contributed by atoms with van der Waals surface area (Å²) >= 11 is 0. The lowest BCUT2D eigenvalue weighted by Gasteiger charge is -2.10. The molecule has 17 heavy (non-hydrogen) atoms. The summed E-state index contributed by atoms with van der Waals surface area (Å²) in [5, 5.41) is 12.3. The van der Waals surface area contributed by atoms with Gasteiger partial charge in [0.15, 0.2) is 0 Å². The minimum Gasteiger partial charge on any atom is -0.393 e. The number of hydrogen-bond acceptors (Lipinski definition) is 1. The molecule has 88 valence electrons. The molecule has 0 amide bonds. The van der Waals surface area contributed by atoms with Gasteiger partial charge in [-0.3, -0.25) is 0 Å². The third-order valence-electron chi connectivity index (χ3n) is 2.99. The molecule has 0 saturated heterocycles. The zero-order valence-electron chi connectivity index (χ0n) is 9.97. The van der Waals surface area contributed by atoms with Gasteiger partial charge in [0, 0.05) is 0 Å². The lowest BCUT2D eigenvalue weighted by Crippen LogP contribution is -2.09. The molecule has 2 aromatic carbocycles. The summed E-state index contributed by atoms with van der Waals surface area (Å²) in [6.07, 6.45) is 3.96. The van der Waals surface area contributed by atoms with Crippen molar-refractivity contribution in [1.82, 2.24) is 0 Å². The van der Waals surface area contributed by atoms with Crippen LogP contribution in [0, 0.1) is 0 Å². The van der Waals surface area contributed by atoms with Gasteiger partial charge in [-0.1, -0.05) is 48.5 Å². The zero-order chi connectivity index (χ0) is 12.1. The number of aliphatic hydroxyl groups excluding tert-OH is 1. The van der Waals surface area contributed by atoms with E-state index < -0.39 is 0 Å². The molecule has 0 aromatic heterocycles. The highest BCUT2D eigenvalue weighted by atomic mass is 16.3. The Morgan fingerprint density at radius 3 is 2.65 bits per heavy atom. The third-order valence-corrected chi connectivity index (χ3v) is 2.99. The summed E-state index contributed by atoms with van der Waals surface area (Å²) in [4.78, 5) is 0. The van der Waals surface area contributed by atoms with E-state index in [1.165, 1.54) is 16.3 Å². The summed E-state index contributed by atoms with van der Waals surface area (Å²) < 4.78 is 0. The number of fused-ring (bicyclic) bond motifs is 1. The molecule has 0 saturated carbocycles. The Balaban J connectivity index is 2.11. The second-order valence-electron chi connectivity index (χ2n) is 4.41. The van der Waals surface area contributed by atoms with Crippen LogP contribution in [0.25, 0.3) is 10.8 Å². The standard InChI is InChI=1S/C16H18O/c1-2-3-8-16(17)12-13-9-10-14-6-4-5-7-15(14)11-13/h2,4-7,9-11,16-17H,1,3,8,12H2. The van der Waals surface area contributed by atoms with E-state index in [-0.39, 0.29) is 6.10 Å². The van der Waals surface area contributed by atoms with Crippen LogP contribution >= 0.6 is 0 Å². The van der Waals surface area contributed by atoms with Gasteiger partial charge in [-0.2, -0.15) is 0 Å².